The summed E-state index contributed by atoms with van der Waals surface area (Å²) in [7, 11) is 0. The molecule has 2 heteroatoms. The summed E-state index contributed by atoms with van der Waals surface area (Å²) in [4.78, 5) is 0. The van der Waals surface area contributed by atoms with Gasteiger partial charge >= 0.3 is 0 Å². The van der Waals surface area contributed by atoms with Crippen LogP contribution in [0.25, 0.3) is 0 Å². The van der Waals surface area contributed by atoms with E-state index >= 15 is 0 Å². The Labute approximate surface area is 141 Å². The maximum atomic E-state index is 6.52. The molecule has 0 radical (unpaired) electrons. The Bertz CT molecular complexity index is 840. The minimum absolute atomic E-state index is 0.282. The second-order valence-corrected chi connectivity index (χ2v) is 6.43. The zero-order chi connectivity index (χ0) is 16.0. The molecule has 3 aromatic rings. The lowest BCUT2D eigenvalue weighted by atomic mass is 9.71. The van der Waals surface area contributed by atoms with Crippen molar-refractivity contribution in [2.75, 3.05) is 6.61 Å². The second-order valence-electron chi connectivity index (χ2n) is 6.43. The van der Waals surface area contributed by atoms with E-state index in [1.54, 1.807) is 0 Å². The smallest absolute Gasteiger partial charge is 0.133 e. The fourth-order valence-corrected chi connectivity index (χ4v) is 4.25. The van der Waals surface area contributed by atoms with Gasteiger partial charge in [0.05, 0.1) is 0 Å². The third kappa shape index (κ3) is 1.80. The molecule has 1 atom stereocenters. The van der Waals surface area contributed by atoms with E-state index in [2.05, 4.69) is 54.6 Å². The predicted molar refractivity (Wildman–Crippen MR) is 93.5 cm³/mol. The van der Waals surface area contributed by atoms with Gasteiger partial charge in [0.2, 0.25) is 0 Å². The number of hydrogen-bond acceptors (Lipinski definition) is 2. The van der Waals surface area contributed by atoms with Crippen LogP contribution in [0.15, 0.2) is 78.9 Å². The van der Waals surface area contributed by atoms with Gasteiger partial charge in [-0.15, -0.1) is 0 Å². The average Bonchev–Trinajstić information content (AvgIpc) is 3.08. The van der Waals surface area contributed by atoms with Crippen LogP contribution in [0, 0.1) is 0 Å². The van der Waals surface area contributed by atoms with E-state index in [9.17, 15) is 0 Å². The van der Waals surface area contributed by atoms with Crippen molar-refractivity contribution in [3.63, 3.8) is 0 Å². The van der Waals surface area contributed by atoms with Crippen LogP contribution in [0.2, 0.25) is 0 Å². The Kier molecular flexibility index (Phi) is 3.00. The minimum atomic E-state index is -0.465. The highest BCUT2D eigenvalue weighted by atomic mass is 16.5. The highest BCUT2D eigenvalue weighted by molar-refractivity contribution is 5.58. The SMILES string of the molecule is c1ccc(C2CCOC23c2ccccc2Oc2ccccc23)cc1. The van der Waals surface area contributed by atoms with Gasteiger partial charge < -0.3 is 9.47 Å². The highest BCUT2D eigenvalue weighted by Crippen LogP contribution is 2.58. The molecule has 1 saturated heterocycles. The van der Waals surface area contributed by atoms with Gasteiger partial charge in [0.15, 0.2) is 0 Å². The standard InChI is InChI=1S/C22H18O2/c1-2-8-16(9-3-1)17-14-15-23-22(17)18-10-4-6-12-20(18)24-21-13-7-5-11-19(21)22/h1-13,17H,14-15H2. The van der Waals surface area contributed by atoms with Crippen molar-refractivity contribution < 1.29 is 9.47 Å². The van der Waals surface area contributed by atoms with Crippen molar-refractivity contribution in [3.05, 3.63) is 95.6 Å². The Morgan fingerprint density at radius 1 is 0.708 bits per heavy atom. The zero-order valence-electron chi connectivity index (χ0n) is 13.3. The summed E-state index contributed by atoms with van der Waals surface area (Å²) in [5.74, 6) is 2.09. The first-order valence-electron chi connectivity index (χ1n) is 8.45. The van der Waals surface area contributed by atoms with Crippen LogP contribution in [0.4, 0.5) is 0 Å². The van der Waals surface area contributed by atoms with Crippen LogP contribution >= 0.6 is 0 Å². The molecule has 118 valence electrons. The first kappa shape index (κ1) is 13.8. The number of hydrogen-bond donors (Lipinski definition) is 0. The fourth-order valence-electron chi connectivity index (χ4n) is 4.25. The number of benzene rings is 3. The lowest BCUT2D eigenvalue weighted by molar-refractivity contribution is 0.0184. The van der Waals surface area contributed by atoms with Gasteiger partial charge in [-0.2, -0.15) is 0 Å². The summed E-state index contributed by atoms with van der Waals surface area (Å²) in [5, 5.41) is 0. The van der Waals surface area contributed by atoms with Gasteiger partial charge in [-0.05, 0) is 24.1 Å². The Morgan fingerprint density at radius 3 is 1.96 bits per heavy atom. The molecular weight excluding hydrogens is 296 g/mol. The third-order valence-corrected chi connectivity index (χ3v) is 5.22. The third-order valence-electron chi connectivity index (χ3n) is 5.22. The Balaban J connectivity index is 1.80. The monoisotopic (exact) mass is 314 g/mol. The van der Waals surface area contributed by atoms with Crippen LogP contribution < -0.4 is 4.74 Å². The molecule has 2 nitrogen and oxygen atoms in total. The Morgan fingerprint density at radius 2 is 1.29 bits per heavy atom. The summed E-state index contributed by atoms with van der Waals surface area (Å²) in [6.07, 6.45) is 1.01. The summed E-state index contributed by atoms with van der Waals surface area (Å²) < 4.78 is 12.7. The summed E-state index contributed by atoms with van der Waals surface area (Å²) in [6.45, 7) is 0.752. The van der Waals surface area contributed by atoms with Gasteiger partial charge in [-0.1, -0.05) is 66.7 Å². The molecule has 1 spiro atoms. The summed E-state index contributed by atoms with van der Waals surface area (Å²) >= 11 is 0. The molecule has 24 heavy (non-hydrogen) atoms. The second kappa shape index (κ2) is 5.22. The van der Waals surface area contributed by atoms with E-state index in [0.29, 0.717) is 0 Å². The predicted octanol–water partition coefficient (Wildman–Crippen LogP) is 5.24. The van der Waals surface area contributed by atoms with E-state index in [0.717, 1.165) is 35.7 Å². The molecule has 1 unspecified atom stereocenters. The molecular formula is C22H18O2. The summed E-state index contributed by atoms with van der Waals surface area (Å²) in [5.41, 5.74) is 3.12. The molecule has 0 bridgehead atoms. The summed E-state index contributed by atoms with van der Waals surface area (Å²) in [6, 6.07) is 27.3. The molecule has 1 fully saturated rings. The van der Waals surface area contributed by atoms with E-state index in [1.807, 2.05) is 24.3 Å². The number of para-hydroxylation sites is 2. The zero-order valence-corrected chi connectivity index (χ0v) is 13.3. The van der Waals surface area contributed by atoms with Gasteiger partial charge in [-0.25, -0.2) is 0 Å². The lowest BCUT2D eigenvalue weighted by Gasteiger charge is -2.40. The van der Waals surface area contributed by atoms with Crippen LogP contribution in [0.3, 0.4) is 0 Å². The molecule has 3 aromatic carbocycles. The van der Waals surface area contributed by atoms with Crippen LogP contribution in [0.5, 0.6) is 11.5 Å². The largest absolute Gasteiger partial charge is 0.457 e. The molecule has 0 aromatic heterocycles. The van der Waals surface area contributed by atoms with Crippen molar-refractivity contribution in [1.82, 2.24) is 0 Å². The molecule has 0 saturated carbocycles. The molecule has 5 rings (SSSR count). The number of fused-ring (bicyclic) bond motifs is 4. The van der Waals surface area contributed by atoms with Crippen molar-refractivity contribution in [1.29, 1.82) is 0 Å². The topological polar surface area (TPSA) is 18.5 Å². The quantitative estimate of drug-likeness (QED) is 0.611. The molecule has 2 aliphatic rings. The van der Waals surface area contributed by atoms with Crippen molar-refractivity contribution in [2.45, 2.75) is 17.9 Å². The molecule has 0 aliphatic carbocycles. The van der Waals surface area contributed by atoms with Gasteiger partial charge in [-0.3, -0.25) is 0 Å². The van der Waals surface area contributed by atoms with E-state index in [-0.39, 0.29) is 5.92 Å². The minimum Gasteiger partial charge on any atom is -0.457 e. The molecule has 0 N–H and O–H groups in total. The van der Waals surface area contributed by atoms with Crippen molar-refractivity contribution in [2.24, 2.45) is 0 Å². The molecule has 2 aliphatic heterocycles. The average molecular weight is 314 g/mol. The number of ether oxygens (including phenoxy) is 2. The van der Waals surface area contributed by atoms with Crippen LogP contribution in [-0.2, 0) is 10.3 Å². The maximum absolute atomic E-state index is 6.52. The fraction of sp³-hybridized carbons (Fsp3) is 0.182. The van der Waals surface area contributed by atoms with E-state index in [1.165, 1.54) is 5.56 Å². The van der Waals surface area contributed by atoms with Gasteiger partial charge in [0.25, 0.3) is 0 Å². The lowest BCUT2D eigenvalue weighted by Crippen LogP contribution is -2.35. The molecule has 2 heterocycles. The first-order valence-corrected chi connectivity index (χ1v) is 8.45. The van der Waals surface area contributed by atoms with E-state index < -0.39 is 5.60 Å². The maximum Gasteiger partial charge on any atom is 0.133 e. The van der Waals surface area contributed by atoms with Crippen LogP contribution in [-0.4, -0.2) is 6.61 Å². The first-order chi connectivity index (χ1) is 11.9. The number of rotatable bonds is 1. The van der Waals surface area contributed by atoms with Crippen molar-refractivity contribution >= 4 is 0 Å². The van der Waals surface area contributed by atoms with Crippen LogP contribution in [0.1, 0.15) is 29.0 Å². The van der Waals surface area contributed by atoms with E-state index in [4.69, 9.17) is 9.47 Å². The molecule has 0 amide bonds. The van der Waals surface area contributed by atoms with Gasteiger partial charge in [0, 0.05) is 23.7 Å². The normalized spacial score (nSPS) is 20.2. The van der Waals surface area contributed by atoms with Gasteiger partial charge in [0.1, 0.15) is 17.1 Å². The Hall–Kier alpha value is -2.58. The van der Waals surface area contributed by atoms with Crippen molar-refractivity contribution in [3.8, 4) is 11.5 Å². The highest BCUT2D eigenvalue weighted by Gasteiger charge is 2.52.